The maximum absolute atomic E-state index is 5.98. The average Bonchev–Trinajstić information content (AvgIpc) is 2.50. The normalized spacial score (nSPS) is 13.8. The molecule has 0 bridgehead atoms. The summed E-state index contributed by atoms with van der Waals surface area (Å²) >= 11 is 0. The van der Waals surface area contributed by atoms with Gasteiger partial charge in [0.2, 0.25) is 0 Å². The number of benzene rings is 1. The van der Waals surface area contributed by atoms with Gasteiger partial charge >= 0.3 is 0 Å². The largest absolute Gasteiger partial charge is 0.493 e. The second-order valence-corrected chi connectivity index (χ2v) is 5.20. The predicted molar refractivity (Wildman–Crippen MR) is 84.8 cm³/mol. The maximum Gasteiger partial charge on any atom is 0.161 e. The Labute approximate surface area is 123 Å². The SMILES string of the molecule is CCNC(COc1ccc(CC)cc1OC)C(C)CC. The van der Waals surface area contributed by atoms with Crippen LogP contribution in [-0.2, 0) is 6.42 Å². The molecule has 0 heterocycles. The molecule has 0 saturated carbocycles. The van der Waals surface area contributed by atoms with E-state index in [2.05, 4.69) is 45.1 Å². The molecule has 0 radical (unpaired) electrons. The Morgan fingerprint density at radius 1 is 1.15 bits per heavy atom. The van der Waals surface area contributed by atoms with Crippen molar-refractivity contribution in [3.8, 4) is 11.5 Å². The molecule has 20 heavy (non-hydrogen) atoms. The third kappa shape index (κ3) is 4.71. The summed E-state index contributed by atoms with van der Waals surface area (Å²) < 4.78 is 11.4. The molecule has 3 nitrogen and oxygen atoms in total. The van der Waals surface area contributed by atoms with Crippen LogP contribution in [0.15, 0.2) is 18.2 Å². The van der Waals surface area contributed by atoms with Gasteiger partial charge in [0, 0.05) is 6.04 Å². The molecule has 2 atom stereocenters. The molecule has 1 aromatic rings. The fourth-order valence-corrected chi connectivity index (χ4v) is 2.20. The van der Waals surface area contributed by atoms with Gasteiger partial charge in [0.1, 0.15) is 6.61 Å². The zero-order valence-corrected chi connectivity index (χ0v) is 13.5. The molecule has 0 saturated heterocycles. The molecular weight excluding hydrogens is 250 g/mol. The van der Waals surface area contributed by atoms with Crippen LogP contribution in [-0.4, -0.2) is 26.3 Å². The summed E-state index contributed by atoms with van der Waals surface area (Å²) in [6, 6.07) is 6.54. The zero-order chi connectivity index (χ0) is 15.0. The predicted octanol–water partition coefficient (Wildman–Crippen LogP) is 3.66. The highest BCUT2D eigenvalue weighted by Crippen LogP contribution is 2.28. The van der Waals surface area contributed by atoms with Gasteiger partial charge in [0.15, 0.2) is 11.5 Å². The maximum atomic E-state index is 5.98. The molecule has 2 unspecified atom stereocenters. The Morgan fingerprint density at radius 2 is 1.90 bits per heavy atom. The minimum atomic E-state index is 0.376. The van der Waals surface area contributed by atoms with E-state index >= 15 is 0 Å². The van der Waals surface area contributed by atoms with Crippen LogP contribution in [0, 0.1) is 5.92 Å². The number of methoxy groups -OCH3 is 1. The second kappa shape index (κ2) is 8.85. The van der Waals surface area contributed by atoms with Crippen LogP contribution in [0.25, 0.3) is 0 Å². The van der Waals surface area contributed by atoms with E-state index in [0.29, 0.717) is 18.6 Å². The van der Waals surface area contributed by atoms with Crippen LogP contribution >= 0.6 is 0 Å². The summed E-state index contributed by atoms with van der Waals surface area (Å²) in [4.78, 5) is 0. The third-order valence-electron chi connectivity index (χ3n) is 3.85. The number of rotatable bonds is 9. The molecule has 0 aliphatic heterocycles. The molecule has 1 rings (SSSR count). The lowest BCUT2D eigenvalue weighted by Crippen LogP contribution is -2.39. The first-order valence-electron chi connectivity index (χ1n) is 7.69. The van der Waals surface area contributed by atoms with Crippen molar-refractivity contribution in [2.75, 3.05) is 20.3 Å². The topological polar surface area (TPSA) is 30.5 Å². The first-order chi connectivity index (χ1) is 9.65. The number of nitrogens with one attached hydrogen (secondary N) is 1. The van der Waals surface area contributed by atoms with E-state index in [1.54, 1.807) is 7.11 Å². The minimum absolute atomic E-state index is 0.376. The van der Waals surface area contributed by atoms with E-state index in [-0.39, 0.29) is 0 Å². The molecule has 0 fully saturated rings. The fourth-order valence-electron chi connectivity index (χ4n) is 2.20. The highest BCUT2D eigenvalue weighted by atomic mass is 16.5. The summed E-state index contributed by atoms with van der Waals surface area (Å²) in [6.07, 6.45) is 2.15. The minimum Gasteiger partial charge on any atom is -0.493 e. The first-order valence-corrected chi connectivity index (χ1v) is 7.69. The number of hydrogen-bond donors (Lipinski definition) is 1. The highest BCUT2D eigenvalue weighted by Gasteiger charge is 2.16. The molecule has 0 aromatic heterocycles. The molecular formula is C17H29NO2. The molecule has 1 aromatic carbocycles. The number of hydrogen-bond acceptors (Lipinski definition) is 3. The Kier molecular flexibility index (Phi) is 7.45. The highest BCUT2D eigenvalue weighted by molar-refractivity contribution is 5.42. The van der Waals surface area contributed by atoms with Crippen LogP contribution in [0.2, 0.25) is 0 Å². The van der Waals surface area contributed by atoms with E-state index in [4.69, 9.17) is 9.47 Å². The van der Waals surface area contributed by atoms with Crippen molar-refractivity contribution in [2.45, 2.75) is 46.6 Å². The van der Waals surface area contributed by atoms with E-state index < -0.39 is 0 Å². The van der Waals surface area contributed by atoms with E-state index in [1.807, 2.05) is 6.07 Å². The molecule has 0 spiro atoms. The Morgan fingerprint density at radius 3 is 2.45 bits per heavy atom. The van der Waals surface area contributed by atoms with Crippen molar-refractivity contribution >= 4 is 0 Å². The fraction of sp³-hybridized carbons (Fsp3) is 0.647. The van der Waals surface area contributed by atoms with Gasteiger partial charge in [-0.1, -0.05) is 40.2 Å². The van der Waals surface area contributed by atoms with Gasteiger partial charge in [0.05, 0.1) is 7.11 Å². The first kappa shape index (κ1) is 16.8. The Bertz CT molecular complexity index is 393. The van der Waals surface area contributed by atoms with Gasteiger partial charge in [-0.15, -0.1) is 0 Å². The standard InChI is InChI=1S/C17H29NO2/c1-6-13(4)15(18-8-3)12-20-16-10-9-14(7-2)11-17(16)19-5/h9-11,13,15,18H,6-8,12H2,1-5H3. The molecule has 114 valence electrons. The molecule has 0 aliphatic rings. The third-order valence-corrected chi connectivity index (χ3v) is 3.85. The number of ether oxygens (including phenoxy) is 2. The van der Waals surface area contributed by atoms with E-state index in [0.717, 1.165) is 30.9 Å². The van der Waals surface area contributed by atoms with Gasteiger partial charge in [-0.2, -0.15) is 0 Å². The summed E-state index contributed by atoms with van der Waals surface area (Å²) in [5, 5.41) is 3.50. The van der Waals surface area contributed by atoms with E-state index in [1.165, 1.54) is 5.56 Å². The number of likely N-dealkylation sites (N-methyl/N-ethyl adjacent to an activating group) is 1. The van der Waals surface area contributed by atoms with Gasteiger partial charge in [-0.25, -0.2) is 0 Å². The van der Waals surface area contributed by atoms with Crippen molar-refractivity contribution in [2.24, 2.45) is 5.92 Å². The van der Waals surface area contributed by atoms with Crippen molar-refractivity contribution in [3.05, 3.63) is 23.8 Å². The van der Waals surface area contributed by atoms with Crippen molar-refractivity contribution < 1.29 is 9.47 Å². The van der Waals surface area contributed by atoms with Crippen molar-refractivity contribution in [3.63, 3.8) is 0 Å². The van der Waals surface area contributed by atoms with Gasteiger partial charge < -0.3 is 14.8 Å². The lowest BCUT2D eigenvalue weighted by Gasteiger charge is -2.24. The van der Waals surface area contributed by atoms with Crippen molar-refractivity contribution in [1.29, 1.82) is 0 Å². The molecule has 0 amide bonds. The monoisotopic (exact) mass is 279 g/mol. The van der Waals surface area contributed by atoms with Crippen LogP contribution in [0.4, 0.5) is 0 Å². The molecule has 0 aliphatic carbocycles. The summed E-state index contributed by atoms with van der Waals surface area (Å²) in [5.41, 5.74) is 1.26. The van der Waals surface area contributed by atoms with E-state index in [9.17, 15) is 0 Å². The Hall–Kier alpha value is -1.22. The van der Waals surface area contributed by atoms with Crippen LogP contribution < -0.4 is 14.8 Å². The van der Waals surface area contributed by atoms with Gasteiger partial charge in [-0.05, 0) is 36.6 Å². The van der Waals surface area contributed by atoms with Gasteiger partial charge in [-0.3, -0.25) is 0 Å². The lowest BCUT2D eigenvalue weighted by atomic mass is 10.00. The summed E-state index contributed by atoms with van der Waals surface area (Å²) in [7, 11) is 1.69. The summed E-state index contributed by atoms with van der Waals surface area (Å²) in [5.74, 6) is 2.25. The lowest BCUT2D eigenvalue weighted by molar-refractivity contribution is 0.215. The summed E-state index contributed by atoms with van der Waals surface area (Å²) in [6.45, 7) is 10.4. The number of aryl methyl sites for hydroxylation is 1. The van der Waals surface area contributed by atoms with Crippen molar-refractivity contribution in [1.82, 2.24) is 5.32 Å². The van der Waals surface area contributed by atoms with Crippen LogP contribution in [0.3, 0.4) is 0 Å². The van der Waals surface area contributed by atoms with Gasteiger partial charge in [0.25, 0.3) is 0 Å². The second-order valence-electron chi connectivity index (χ2n) is 5.20. The Balaban J connectivity index is 2.71. The zero-order valence-electron chi connectivity index (χ0n) is 13.5. The average molecular weight is 279 g/mol. The smallest absolute Gasteiger partial charge is 0.161 e. The molecule has 1 N–H and O–H groups in total. The van der Waals surface area contributed by atoms with Crippen LogP contribution in [0.1, 0.15) is 39.7 Å². The van der Waals surface area contributed by atoms with Crippen LogP contribution in [0.5, 0.6) is 11.5 Å². The molecule has 3 heteroatoms. The quantitative estimate of drug-likeness (QED) is 0.748.